The first kappa shape index (κ1) is 16.4. The van der Waals surface area contributed by atoms with Crippen LogP contribution in [-0.4, -0.2) is 31.9 Å². The molecule has 0 N–H and O–H groups in total. The number of pyridine rings is 2. The van der Waals surface area contributed by atoms with E-state index in [-0.39, 0.29) is 17.6 Å². The van der Waals surface area contributed by atoms with Crippen LogP contribution in [0, 0.1) is 0 Å². The molecule has 3 aromatic heterocycles. The van der Waals surface area contributed by atoms with E-state index >= 15 is 0 Å². The number of fused-ring (bicyclic) bond motifs is 1. The number of carbonyl (C=O) groups is 1. The number of aromatic nitrogens is 4. The minimum Gasteiger partial charge on any atom is -0.462 e. The predicted octanol–water partition coefficient (Wildman–Crippen LogP) is 2.12. The average Bonchev–Trinajstić information content (AvgIpc) is 2.95. The molecular weight excluding hydrogens is 376 g/mol. The molecule has 0 spiro atoms. The lowest BCUT2D eigenvalue weighted by molar-refractivity contribution is 0.0524. The van der Waals surface area contributed by atoms with E-state index in [2.05, 4.69) is 26.0 Å². The van der Waals surface area contributed by atoms with E-state index < -0.39 is 5.97 Å². The Hall–Kier alpha value is -2.48. The Labute approximate surface area is 146 Å². The maximum atomic E-state index is 12.6. The molecule has 0 aliphatic carbocycles. The zero-order chi connectivity index (χ0) is 17.3. The lowest BCUT2D eigenvalue weighted by Gasteiger charge is -2.12. The summed E-state index contributed by atoms with van der Waals surface area (Å²) in [6.07, 6.45) is 6.73. The molecule has 0 atom stereocenters. The Morgan fingerprint density at radius 2 is 2.12 bits per heavy atom. The number of ether oxygens (including phenoxy) is 1. The summed E-state index contributed by atoms with van der Waals surface area (Å²) in [7, 11) is 1.83. The summed E-state index contributed by atoms with van der Waals surface area (Å²) in [4.78, 5) is 28.9. The van der Waals surface area contributed by atoms with E-state index in [0.29, 0.717) is 22.1 Å². The Morgan fingerprint density at radius 3 is 2.79 bits per heavy atom. The second-order valence-electron chi connectivity index (χ2n) is 5.27. The van der Waals surface area contributed by atoms with Gasteiger partial charge in [0, 0.05) is 25.0 Å². The molecule has 0 bridgehead atoms. The van der Waals surface area contributed by atoms with Crippen molar-refractivity contribution < 1.29 is 9.53 Å². The van der Waals surface area contributed by atoms with Crippen molar-refractivity contribution in [2.75, 3.05) is 6.61 Å². The smallest absolute Gasteiger partial charge is 0.343 e. The average molecular weight is 391 g/mol. The van der Waals surface area contributed by atoms with Crippen LogP contribution in [0.5, 0.6) is 0 Å². The van der Waals surface area contributed by atoms with Crippen molar-refractivity contribution >= 4 is 32.8 Å². The van der Waals surface area contributed by atoms with Crippen molar-refractivity contribution in [1.82, 2.24) is 19.3 Å². The molecular formula is C16H15BrN4O3. The highest BCUT2D eigenvalue weighted by Gasteiger charge is 2.17. The van der Waals surface area contributed by atoms with Crippen molar-refractivity contribution in [2.24, 2.45) is 7.05 Å². The fourth-order valence-electron chi connectivity index (χ4n) is 2.50. The molecule has 0 fully saturated rings. The molecule has 8 heteroatoms. The summed E-state index contributed by atoms with van der Waals surface area (Å²) >= 11 is 3.26. The molecule has 0 aliphatic rings. The van der Waals surface area contributed by atoms with E-state index in [4.69, 9.17) is 4.74 Å². The maximum absolute atomic E-state index is 12.6. The summed E-state index contributed by atoms with van der Waals surface area (Å²) in [5.41, 5.74) is 1.22. The summed E-state index contributed by atoms with van der Waals surface area (Å²) in [6, 6.07) is 1.61. The number of aryl methyl sites for hydroxylation is 1. The molecule has 0 unspecified atom stereocenters. The zero-order valence-electron chi connectivity index (χ0n) is 13.2. The van der Waals surface area contributed by atoms with Crippen molar-refractivity contribution in [2.45, 2.75) is 13.5 Å². The van der Waals surface area contributed by atoms with Crippen LogP contribution in [0.4, 0.5) is 0 Å². The van der Waals surface area contributed by atoms with Crippen LogP contribution < -0.4 is 5.43 Å². The molecule has 0 aromatic carbocycles. The van der Waals surface area contributed by atoms with Gasteiger partial charge in [0.2, 0.25) is 5.43 Å². The van der Waals surface area contributed by atoms with Gasteiger partial charge in [0.1, 0.15) is 10.2 Å². The van der Waals surface area contributed by atoms with Gasteiger partial charge in [-0.1, -0.05) is 0 Å². The van der Waals surface area contributed by atoms with Gasteiger partial charge < -0.3 is 9.30 Å². The maximum Gasteiger partial charge on any atom is 0.343 e. The third-order valence-corrected chi connectivity index (χ3v) is 3.97. The van der Waals surface area contributed by atoms with Crippen LogP contribution in [0.3, 0.4) is 0 Å². The van der Waals surface area contributed by atoms with Gasteiger partial charge in [0.15, 0.2) is 0 Å². The van der Waals surface area contributed by atoms with Gasteiger partial charge >= 0.3 is 5.97 Å². The molecule has 0 saturated carbocycles. The van der Waals surface area contributed by atoms with Gasteiger partial charge in [0.05, 0.1) is 36.4 Å². The highest BCUT2D eigenvalue weighted by atomic mass is 79.9. The summed E-state index contributed by atoms with van der Waals surface area (Å²) < 4.78 is 9.03. The first-order valence-corrected chi connectivity index (χ1v) is 8.12. The van der Waals surface area contributed by atoms with E-state index in [1.807, 2.05) is 13.2 Å². The standard InChI is InChI=1S/C16H15BrN4O3/c1-3-24-16(23)12-9-21(8-10-5-19-20(2)7-10)13-6-18-14(17)4-11(13)15(12)22/h4-7,9H,3,8H2,1-2H3. The third kappa shape index (κ3) is 3.09. The van der Waals surface area contributed by atoms with Crippen LogP contribution >= 0.6 is 15.9 Å². The molecule has 3 heterocycles. The molecule has 124 valence electrons. The summed E-state index contributed by atoms with van der Waals surface area (Å²) in [6.45, 7) is 2.37. The molecule has 0 radical (unpaired) electrons. The molecule has 7 nitrogen and oxygen atoms in total. The van der Waals surface area contributed by atoms with Gasteiger partial charge in [-0.25, -0.2) is 9.78 Å². The van der Waals surface area contributed by atoms with Crippen molar-refractivity contribution in [3.8, 4) is 0 Å². The fourth-order valence-corrected chi connectivity index (χ4v) is 2.83. The fraction of sp³-hybridized carbons (Fsp3) is 0.250. The number of esters is 1. The largest absolute Gasteiger partial charge is 0.462 e. The Bertz CT molecular complexity index is 977. The van der Waals surface area contributed by atoms with Crippen LogP contribution in [0.1, 0.15) is 22.8 Å². The minimum atomic E-state index is -0.628. The van der Waals surface area contributed by atoms with Gasteiger partial charge in [-0.15, -0.1) is 0 Å². The third-order valence-electron chi connectivity index (χ3n) is 3.54. The van der Waals surface area contributed by atoms with Crippen molar-refractivity contribution in [3.63, 3.8) is 0 Å². The van der Waals surface area contributed by atoms with E-state index in [0.717, 1.165) is 5.56 Å². The van der Waals surface area contributed by atoms with Gasteiger partial charge in [-0.2, -0.15) is 5.10 Å². The first-order valence-electron chi connectivity index (χ1n) is 7.33. The SMILES string of the molecule is CCOC(=O)c1cn(Cc2cnn(C)c2)c2cnc(Br)cc2c1=O. The Balaban J connectivity index is 2.20. The van der Waals surface area contributed by atoms with Crippen LogP contribution in [0.15, 0.2) is 40.3 Å². The molecule has 3 rings (SSSR count). The van der Waals surface area contributed by atoms with E-state index in [9.17, 15) is 9.59 Å². The molecule has 24 heavy (non-hydrogen) atoms. The summed E-state index contributed by atoms with van der Waals surface area (Å²) in [5.74, 6) is -0.628. The second-order valence-corrected chi connectivity index (χ2v) is 6.08. The lowest BCUT2D eigenvalue weighted by atomic mass is 10.1. The molecule has 0 amide bonds. The van der Waals surface area contributed by atoms with Crippen LogP contribution in [-0.2, 0) is 18.3 Å². The van der Waals surface area contributed by atoms with E-state index in [1.165, 1.54) is 6.20 Å². The normalized spacial score (nSPS) is 11.0. The monoisotopic (exact) mass is 390 g/mol. The quantitative estimate of drug-likeness (QED) is 0.503. The molecule has 0 saturated heterocycles. The lowest BCUT2D eigenvalue weighted by Crippen LogP contribution is -2.21. The Kier molecular flexibility index (Phi) is 4.48. The number of halogens is 1. The highest BCUT2D eigenvalue weighted by molar-refractivity contribution is 9.10. The number of hydrogen-bond acceptors (Lipinski definition) is 5. The van der Waals surface area contributed by atoms with Gasteiger partial charge in [-0.3, -0.25) is 9.48 Å². The van der Waals surface area contributed by atoms with E-state index in [1.54, 1.807) is 34.6 Å². The number of carbonyl (C=O) groups excluding carboxylic acids is 1. The predicted molar refractivity (Wildman–Crippen MR) is 92.0 cm³/mol. The number of nitrogens with zero attached hydrogens (tertiary/aromatic N) is 4. The topological polar surface area (TPSA) is 79.0 Å². The summed E-state index contributed by atoms with van der Waals surface area (Å²) in [5, 5.41) is 4.55. The minimum absolute atomic E-state index is 0.00587. The first-order chi connectivity index (χ1) is 11.5. The van der Waals surface area contributed by atoms with Crippen molar-refractivity contribution in [1.29, 1.82) is 0 Å². The molecule has 0 aliphatic heterocycles. The molecule has 3 aromatic rings. The van der Waals surface area contributed by atoms with Gasteiger partial charge in [-0.05, 0) is 28.9 Å². The van der Waals surface area contributed by atoms with Crippen LogP contribution in [0.25, 0.3) is 10.9 Å². The number of hydrogen-bond donors (Lipinski definition) is 0. The van der Waals surface area contributed by atoms with Gasteiger partial charge in [0.25, 0.3) is 0 Å². The zero-order valence-corrected chi connectivity index (χ0v) is 14.8. The highest BCUT2D eigenvalue weighted by Crippen LogP contribution is 2.17. The van der Waals surface area contributed by atoms with Crippen molar-refractivity contribution in [3.05, 3.63) is 56.8 Å². The van der Waals surface area contributed by atoms with Crippen LogP contribution in [0.2, 0.25) is 0 Å². The Morgan fingerprint density at radius 1 is 1.33 bits per heavy atom. The number of rotatable bonds is 4. The second kappa shape index (κ2) is 6.56.